The molecule has 0 spiro atoms. The molecule has 0 saturated heterocycles. The third-order valence-electron chi connectivity index (χ3n) is 1.50. The normalized spacial score (nSPS) is 11.3. The van der Waals surface area contributed by atoms with Crippen LogP contribution < -0.4 is 5.73 Å². The van der Waals surface area contributed by atoms with Gasteiger partial charge in [-0.05, 0) is 5.56 Å². The third-order valence-corrected chi connectivity index (χ3v) is 1.50. The summed E-state index contributed by atoms with van der Waals surface area (Å²) < 4.78 is 0. The zero-order valence-electron chi connectivity index (χ0n) is 7.49. The van der Waals surface area contributed by atoms with Gasteiger partial charge in [0.1, 0.15) is 0 Å². The summed E-state index contributed by atoms with van der Waals surface area (Å²) in [5.41, 5.74) is 7.67. The van der Waals surface area contributed by atoms with Crippen molar-refractivity contribution < 1.29 is 0 Å². The molecule has 0 aliphatic rings. The molecule has 2 nitrogen and oxygen atoms in total. The highest BCUT2D eigenvalue weighted by Gasteiger charge is 1.93. The lowest BCUT2D eigenvalue weighted by atomic mass is 10.2. The lowest BCUT2D eigenvalue weighted by Gasteiger charge is -2.07. The third kappa shape index (κ3) is 2.31. The predicted octanol–water partition coefficient (Wildman–Crippen LogP) is 1.51. The second kappa shape index (κ2) is 3.81. The van der Waals surface area contributed by atoms with E-state index in [9.17, 15) is 0 Å². The molecular formula is C10H14N2. The minimum absolute atomic E-state index is 0.792. The van der Waals surface area contributed by atoms with E-state index in [2.05, 4.69) is 0 Å². The molecule has 1 aromatic rings. The molecule has 0 unspecified atom stereocenters. The Hall–Kier alpha value is -1.44. The predicted molar refractivity (Wildman–Crippen MR) is 52.3 cm³/mol. The van der Waals surface area contributed by atoms with E-state index in [4.69, 9.17) is 5.73 Å². The summed E-state index contributed by atoms with van der Waals surface area (Å²) in [7, 11) is 3.91. The van der Waals surface area contributed by atoms with Gasteiger partial charge in [0.2, 0.25) is 0 Å². The van der Waals surface area contributed by atoms with E-state index in [1.165, 1.54) is 0 Å². The van der Waals surface area contributed by atoms with E-state index in [1.54, 1.807) is 0 Å². The first kappa shape index (κ1) is 8.65. The average molecular weight is 162 g/mol. The van der Waals surface area contributed by atoms with Gasteiger partial charge in [-0.1, -0.05) is 30.3 Å². The van der Waals surface area contributed by atoms with E-state index in [1.807, 2.05) is 55.5 Å². The molecule has 0 aliphatic carbocycles. The van der Waals surface area contributed by atoms with Gasteiger partial charge in [0.05, 0.1) is 5.70 Å². The van der Waals surface area contributed by atoms with Gasteiger partial charge in [0.25, 0.3) is 0 Å². The fourth-order valence-corrected chi connectivity index (χ4v) is 0.983. The first-order chi connectivity index (χ1) is 5.70. The van der Waals surface area contributed by atoms with Crippen molar-refractivity contribution in [2.75, 3.05) is 14.1 Å². The minimum Gasteiger partial charge on any atom is -0.397 e. The van der Waals surface area contributed by atoms with Gasteiger partial charge < -0.3 is 10.6 Å². The molecule has 12 heavy (non-hydrogen) atoms. The Morgan fingerprint density at radius 1 is 1.25 bits per heavy atom. The lowest BCUT2D eigenvalue weighted by Crippen LogP contribution is -2.06. The van der Waals surface area contributed by atoms with Gasteiger partial charge >= 0.3 is 0 Å². The van der Waals surface area contributed by atoms with Crippen molar-refractivity contribution in [3.05, 3.63) is 42.1 Å². The molecule has 0 fully saturated rings. The van der Waals surface area contributed by atoms with Crippen molar-refractivity contribution in [1.82, 2.24) is 4.90 Å². The zero-order valence-corrected chi connectivity index (χ0v) is 7.49. The lowest BCUT2D eigenvalue weighted by molar-refractivity contribution is 0.565. The largest absolute Gasteiger partial charge is 0.397 e. The van der Waals surface area contributed by atoms with Crippen LogP contribution in [-0.4, -0.2) is 19.0 Å². The molecule has 0 saturated carbocycles. The van der Waals surface area contributed by atoms with Crippen LogP contribution in [0.4, 0.5) is 0 Å². The van der Waals surface area contributed by atoms with E-state index < -0.39 is 0 Å². The van der Waals surface area contributed by atoms with Gasteiger partial charge in [-0.25, -0.2) is 0 Å². The van der Waals surface area contributed by atoms with Crippen LogP contribution in [-0.2, 0) is 0 Å². The van der Waals surface area contributed by atoms with Gasteiger partial charge in [-0.2, -0.15) is 0 Å². The van der Waals surface area contributed by atoms with E-state index >= 15 is 0 Å². The number of hydrogen-bond acceptors (Lipinski definition) is 2. The van der Waals surface area contributed by atoms with Crippen LogP contribution in [0.5, 0.6) is 0 Å². The molecule has 1 aromatic carbocycles. The molecule has 0 aliphatic heterocycles. The Morgan fingerprint density at radius 2 is 1.83 bits per heavy atom. The van der Waals surface area contributed by atoms with Crippen molar-refractivity contribution >= 4 is 5.70 Å². The summed E-state index contributed by atoms with van der Waals surface area (Å²) in [6, 6.07) is 9.93. The van der Waals surface area contributed by atoms with Crippen molar-refractivity contribution in [3.63, 3.8) is 0 Å². The number of benzene rings is 1. The van der Waals surface area contributed by atoms with Crippen molar-refractivity contribution in [3.8, 4) is 0 Å². The molecule has 0 amide bonds. The topological polar surface area (TPSA) is 29.3 Å². The number of hydrogen-bond donors (Lipinski definition) is 1. The summed E-state index contributed by atoms with van der Waals surface area (Å²) in [5.74, 6) is 0. The second-order valence-corrected chi connectivity index (χ2v) is 2.91. The quantitative estimate of drug-likeness (QED) is 0.714. The maximum atomic E-state index is 5.82. The second-order valence-electron chi connectivity index (χ2n) is 2.91. The summed E-state index contributed by atoms with van der Waals surface area (Å²) in [6.07, 6.45) is 1.90. The maximum Gasteiger partial charge on any atom is 0.0549 e. The van der Waals surface area contributed by atoms with Gasteiger partial charge in [0, 0.05) is 20.3 Å². The summed E-state index contributed by atoms with van der Waals surface area (Å²) in [6.45, 7) is 0. The monoisotopic (exact) mass is 162 g/mol. The van der Waals surface area contributed by atoms with Crippen LogP contribution in [0.25, 0.3) is 5.70 Å². The molecule has 0 atom stereocenters. The Bertz CT molecular complexity index is 262. The Morgan fingerprint density at radius 3 is 2.33 bits per heavy atom. The Labute approximate surface area is 73.3 Å². The SMILES string of the molecule is CN(C)/C=C(\N)c1ccccc1. The van der Waals surface area contributed by atoms with Crippen LogP contribution in [0.2, 0.25) is 0 Å². The van der Waals surface area contributed by atoms with Crippen molar-refractivity contribution in [1.29, 1.82) is 0 Å². The van der Waals surface area contributed by atoms with Crippen LogP contribution >= 0.6 is 0 Å². The fraction of sp³-hybridized carbons (Fsp3) is 0.200. The van der Waals surface area contributed by atoms with Crippen LogP contribution in [0.15, 0.2) is 36.5 Å². The molecule has 1 rings (SSSR count). The standard InChI is InChI=1S/C10H14N2/c1-12(2)8-10(11)9-6-4-3-5-7-9/h3-8H,11H2,1-2H3/b10-8-. The molecule has 0 aromatic heterocycles. The molecule has 64 valence electrons. The molecule has 2 N–H and O–H groups in total. The number of nitrogens with zero attached hydrogens (tertiary/aromatic N) is 1. The maximum absolute atomic E-state index is 5.82. The van der Waals surface area contributed by atoms with Crippen LogP contribution in [0, 0.1) is 0 Å². The highest BCUT2D eigenvalue weighted by atomic mass is 15.0. The first-order valence-corrected chi connectivity index (χ1v) is 3.89. The molecular weight excluding hydrogens is 148 g/mol. The van der Waals surface area contributed by atoms with Gasteiger partial charge in [0.15, 0.2) is 0 Å². The molecule has 0 heterocycles. The minimum atomic E-state index is 0.792. The highest BCUT2D eigenvalue weighted by molar-refractivity contribution is 5.61. The van der Waals surface area contributed by atoms with Crippen molar-refractivity contribution in [2.24, 2.45) is 5.73 Å². The number of nitrogens with two attached hydrogens (primary N) is 1. The Balaban J connectivity index is 2.85. The first-order valence-electron chi connectivity index (χ1n) is 3.89. The fourth-order valence-electron chi connectivity index (χ4n) is 0.983. The van der Waals surface area contributed by atoms with E-state index in [0.717, 1.165) is 11.3 Å². The summed E-state index contributed by atoms with van der Waals surface area (Å²) in [4.78, 5) is 1.93. The summed E-state index contributed by atoms with van der Waals surface area (Å²) >= 11 is 0. The highest BCUT2D eigenvalue weighted by Crippen LogP contribution is 2.07. The Kier molecular flexibility index (Phi) is 2.75. The van der Waals surface area contributed by atoms with E-state index in [-0.39, 0.29) is 0 Å². The molecule has 0 bridgehead atoms. The van der Waals surface area contributed by atoms with Crippen LogP contribution in [0.1, 0.15) is 5.56 Å². The van der Waals surface area contributed by atoms with Crippen molar-refractivity contribution in [2.45, 2.75) is 0 Å². The van der Waals surface area contributed by atoms with Gasteiger partial charge in [-0.15, -0.1) is 0 Å². The molecule has 2 heteroatoms. The van der Waals surface area contributed by atoms with Gasteiger partial charge in [-0.3, -0.25) is 0 Å². The van der Waals surface area contributed by atoms with E-state index in [0.29, 0.717) is 0 Å². The smallest absolute Gasteiger partial charge is 0.0549 e. The zero-order chi connectivity index (χ0) is 8.97. The summed E-state index contributed by atoms with van der Waals surface area (Å²) in [5, 5.41) is 0. The molecule has 0 radical (unpaired) electrons. The van der Waals surface area contributed by atoms with Crippen LogP contribution in [0.3, 0.4) is 0 Å². The average Bonchev–Trinajstić information content (AvgIpc) is 2.05. The number of rotatable bonds is 2.